The Balaban J connectivity index is 1.80. The van der Waals surface area contributed by atoms with Crippen LogP contribution in [-0.4, -0.2) is 54.3 Å². The smallest absolute Gasteiger partial charge is 0.237 e. The highest BCUT2D eigenvalue weighted by Crippen LogP contribution is 2.63. The van der Waals surface area contributed by atoms with E-state index in [1.807, 2.05) is 6.07 Å². The number of hydrogen-bond donors (Lipinski definition) is 2. The highest BCUT2D eigenvalue weighted by molar-refractivity contribution is 5.61. The van der Waals surface area contributed by atoms with Crippen LogP contribution in [0.3, 0.4) is 0 Å². The highest BCUT2D eigenvalue weighted by atomic mass is 16.7. The van der Waals surface area contributed by atoms with Gasteiger partial charge in [-0.25, -0.2) is 0 Å². The Morgan fingerprint density at radius 1 is 1.28 bits per heavy atom. The Labute approximate surface area is 148 Å². The van der Waals surface area contributed by atoms with Crippen LogP contribution in [0.25, 0.3) is 0 Å². The molecule has 2 aliphatic heterocycles. The van der Waals surface area contributed by atoms with Crippen LogP contribution in [-0.2, 0) is 16.6 Å². The minimum absolute atomic E-state index is 0.0422. The van der Waals surface area contributed by atoms with Crippen molar-refractivity contribution in [3.8, 4) is 11.5 Å². The van der Waals surface area contributed by atoms with Gasteiger partial charge in [-0.2, -0.15) is 0 Å². The second-order valence-electron chi connectivity index (χ2n) is 9.11. The second kappa shape index (κ2) is 4.70. The normalized spacial score (nSPS) is 40.2. The molecule has 1 fully saturated rings. The number of methoxy groups -OCH3 is 1. The summed E-state index contributed by atoms with van der Waals surface area (Å²) >= 11 is 0. The summed E-state index contributed by atoms with van der Waals surface area (Å²) in [5.74, 6) is -0.249. The molecule has 2 bridgehead atoms. The van der Waals surface area contributed by atoms with Crippen molar-refractivity contribution in [2.24, 2.45) is 0 Å². The van der Waals surface area contributed by atoms with Crippen molar-refractivity contribution in [2.75, 3.05) is 27.7 Å². The number of quaternary nitrogens is 1. The van der Waals surface area contributed by atoms with Crippen LogP contribution in [0, 0.1) is 0 Å². The monoisotopic (exact) mass is 346 g/mol. The zero-order valence-corrected chi connectivity index (χ0v) is 15.3. The van der Waals surface area contributed by atoms with Crippen molar-refractivity contribution in [3.63, 3.8) is 0 Å². The lowest BCUT2D eigenvalue weighted by molar-refractivity contribution is -0.924. The summed E-state index contributed by atoms with van der Waals surface area (Å²) in [6.45, 7) is 1.10. The average Bonchev–Trinajstić information content (AvgIpc) is 2.59. The van der Waals surface area contributed by atoms with Gasteiger partial charge in [0.25, 0.3) is 0 Å². The molecule has 2 aliphatic carbocycles. The maximum Gasteiger partial charge on any atom is 0.237 e. The maximum absolute atomic E-state index is 10.8. The van der Waals surface area contributed by atoms with E-state index in [2.05, 4.69) is 14.1 Å². The molecule has 0 radical (unpaired) electrons. The lowest BCUT2D eigenvalue weighted by Crippen LogP contribution is -2.62. The molecule has 25 heavy (non-hydrogen) atoms. The molecule has 1 spiro atoms. The lowest BCUT2D eigenvalue weighted by atomic mass is 9.56. The van der Waals surface area contributed by atoms with E-state index in [0.717, 1.165) is 36.7 Å². The number of benzene rings is 1. The molecular weight excluding hydrogens is 318 g/mol. The molecule has 5 nitrogen and oxygen atoms in total. The zero-order valence-electron chi connectivity index (χ0n) is 15.3. The molecule has 136 valence electrons. The predicted octanol–water partition coefficient (Wildman–Crippen LogP) is 2.38. The summed E-state index contributed by atoms with van der Waals surface area (Å²) < 4.78 is 12.9. The number of phenols is 1. The molecule has 1 aromatic rings. The quantitative estimate of drug-likeness (QED) is 0.767. The second-order valence-corrected chi connectivity index (χ2v) is 9.11. The molecule has 1 aromatic carbocycles. The van der Waals surface area contributed by atoms with Crippen LogP contribution in [0.4, 0.5) is 0 Å². The first-order valence-corrected chi connectivity index (χ1v) is 9.46. The van der Waals surface area contributed by atoms with Crippen LogP contribution in [0.5, 0.6) is 11.5 Å². The SMILES string of the molecule is COC12CC3(CCC1O)CCC1c4c(cc(O)c(c43)O2)CC[N+]1(C)C. The number of nitrogens with zero attached hydrogens (tertiary/aromatic N) is 1. The molecule has 5 heteroatoms. The Bertz CT molecular complexity index is 761. The molecule has 2 heterocycles. The van der Waals surface area contributed by atoms with Crippen LogP contribution in [0.1, 0.15) is 54.8 Å². The summed E-state index contributed by atoms with van der Waals surface area (Å²) in [7, 11) is 6.24. The molecule has 0 aromatic heterocycles. The molecule has 1 saturated carbocycles. The van der Waals surface area contributed by atoms with Crippen LogP contribution in [0.15, 0.2) is 6.07 Å². The minimum Gasteiger partial charge on any atom is -0.504 e. The Morgan fingerprint density at radius 2 is 2.04 bits per heavy atom. The fourth-order valence-corrected chi connectivity index (χ4v) is 6.15. The molecule has 2 N–H and O–H groups in total. The van der Waals surface area contributed by atoms with Gasteiger partial charge in [-0.05, 0) is 30.9 Å². The van der Waals surface area contributed by atoms with Gasteiger partial charge in [0, 0.05) is 42.9 Å². The molecule has 4 unspecified atom stereocenters. The van der Waals surface area contributed by atoms with Crippen LogP contribution < -0.4 is 4.74 Å². The Morgan fingerprint density at radius 3 is 2.80 bits per heavy atom. The van der Waals surface area contributed by atoms with Gasteiger partial charge in [-0.15, -0.1) is 0 Å². The summed E-state index contributed by atoms with van der Waals surface area (Å²) in [4.78, 5) is 0. The first kappa shape index (κ1) is 15.9. The molecule has 0 saturated heterocycles. The number of aromatic hydroxyl groups is 1. The van der Waals surface area contributed by atoms with E-state index in [1.54, 1.807) is 7.11 Å². The van der Waals surface area contributed by atoms with E-state index in [4.69, 9.17) is 9.47 Å². The van der Waals surface area contributed by atoms with Crippen molar-refractivity contribution in [2.45, 2.75) is 61.9 Å². The maximum atomic E-state index is 10.8. The van der Waals surface area contributed by atoms with E-state index >= 15 is 0 Å². The summed E-state index contributed by atoms with van der Waals surface area (Å²) in [5, 5.41) is 21.3. The van der Waals surface area contributed by atoms with Crippen molar-refractivity contribution in [1.29, 1.82) is 0 Å². The van der Waals surface area contributed by atoms with Gasteiger partial charge < -0.3 is 24.2 Å². The van der Waals surface area contributed by atoms with Crippen molar-refractivity contribution in [3.05, 3.63) is 22.8 Å². The third-order valence-corrected chi connectivity index (χ3v) is 7.56. The van der Waals surface area contributed by atoms with E-state index in [9.17, 15) is 10.2 Å². The van der Waals surface area contributed by atoms with Gasteiger partial charge in [0.1, 0.15) is 12.1 Å². The number of aliphatic hydroxyl groups excluding tert-OH is 1. The van der Waals surface area contributed by atoms with Gasteiger partial charge >= 0.3 is 0 Å². The lowest BCUT2D eigenvalue weighted by Gasteiger charge is -2.58. The van der Waals surface area contributed by atoms with Gasteiger partial charge in [0.05, 0.1) is 20.6 Å². The van der Waals surface area contributed by atoms with E-state index < -0.39 is 11.9 Å². The third kappa shape index (κ3) is 1.84. The number of fused-ring (bicyclic) bond motifs is 1. The summed E-state index contributed by atoms with van der Waals surface area (Å²) in [5.41, 5.74) is 3.89. The Hall–Kier alpha value is -1.30. The topological polar surface area (TPSA) is 58.9 Å². The van der Waals surface area contributed by atoms with Crippen molar-refractivity contribution in [1.82, 2.24) is 0 Å². The number of hydrogen-bond acceptors (Lipinski definition) is 4. The number of rotatable bonds is 1. The Kier molecular flexibility index (Phi) is 2.99. The molecule has 4 aliphatic rings. The van der Waals surface area contributed by atoms with Crippen LogP contribution >= 0.6 is 0 Å². The standard InChI is InChI=1S/C20H27NO4/c1-21(2)9-6-12-10-14(22)18-17-16(12)13(21)4-7-19(17)8-5-15(23)20(11-19,24-3)25-18/h10,13,15,23H,4-9,11H2,1-3H3/p+1. The molecule has 0 amide bonds. The zero-order chi connectivity index (χ0) is 17.6. The fraction of sp³-hybridized carbons (Fsp3) is 0.700. The van der Waals surface area contributed by atoms with Gasteiger partial charge in [-0.1, -0.05) is 0 Å². The van der Waals surface area contributed by atoms with Crippen molar-refractivity contribution >= 4 is 0 Å². The summed E-state index contributed by atoms with van der Waals surface area (Å²) in [6.07, 6.45) is 4.86. The summed E-state index contributed by atoms with van der Waals surface area (Å²) in [6, 6.07) is 2.37. The fourth-order valence-electron chi connectivity index (χ4n) is 6.15. The third-order valence-electron chi connectivity index (χ3n) is 7.56. The van der Waals surface area contributed by atoms with E-state index in [1.165, 1.54) is 16.7 Å². The first-order chi connectivity index (χ1) is 11.8. The number of likely N-dealkylation sites (N-methyl/N-ethyl adjacent to an activating group) is 1. The van der Waals surface area contributed by atoms with Gasteiger partial charge in [0.2, 0.25) is 5.79 Å². The first-order valence-electron chi connectivity index (χ1n) is 9.46. The number of ether oxygens (including phenoxy) is 2. The number of phenolic OH excluding ortho intramolecular Hbond substituents is 1. The highest BCUT2D eigenvalue weighted by Gasteiger charge is 2.61. The van der Waals surface area contributed by atoms with Gasteiger partial charge in [-0.3, -0.25) is 0 Å². The van der Waals surface area contributed by atoms with Crippen molar-refractivity contribution < 1.29 is 24.2 Å². The molecule has 4 atom stereocenters. The van der Waals surface area contributed by atoms with Gasteiger partial charge in [0.15, 0.2) is 11.5 Å². The van der Waals surface area contributed by atoms with Crippen LogP contribution in [0.2, 0.25) is 0 Å². The van der Waals surface area contributed by atoms with E-state index in [0.29, 0.717) is 24.6 Å². The molecular formula is C20H28NO4+. The number of aliphatic hydroxyl groups is 1. The largest absolute Gasteiger partial charge is 0.504 e. The predicted molar refractivity (Wildman–Crippen MR) is 92.7 cm³/mol. The molecule has 5 rings (SSSR count). The minimum atomic E-state index is -1.02. The van der Waals surface area contributed by atoms with E-state index in [-0.39, 0.29) is 11.2 Å². The average molecular weight is 346 g/mol.